The van der Waals surface area contributed by atoms with Crippen LogP contribution < -0.4 is 10.1 Å². The molecule has 3 amide bonds. The number of likely N-dealkylation sites (tertiary alicyclic amines) is 1. The second kappa shape index (κ2) is 7.69. The van der Waals surface area contributed by atoms with Crippen molar-refractivity contribution in [3.05, 3.63) is 59.7 Å². The van der Waals surface area contributed by atoms with E-state index in [1.54, 1.807) is 37.4 Å². The SMILES string of the molecule is COc1ccc(C=C(NC(=O)c2ccco2)C(=O)N2CCCC2=O)cc1. The molecule has 7 heteroatoms. The first-order valence-corrected chi connectivity index (χ1v) is 8.14. The van der Waals surface area contributed by atoms with Gasteiger partial charge in [-0.1, -0.05) is 12.1 Å². The summed E-state index contributed by atoms with van der Waals surface area (Å²) in [6.45, 7) is 0.342. The molecule has 7 nitrogen and oxygen atoms in total. The van der Waals surface area contributed by atoms with Crippen molar-refractivity contribution in [1.29, 1.82) is 0 Å². The number of amides is 3. The summed E-state index contributed by atoms with van der Waals surface area (Å²) in [5.41, 5.74) is 0.687. The highest BCUT2D eigenvalue weighted by Gasteiger charge is 2.29. The van der Waals surface area contributed by atoms with Crippen LogP contribution in [0.2, 0.25) is 0 Å². The van der Waals surface area contributed by atoms with Gasteiger partial charge < -0.3 is 14.5 Å². The van der Waals surface area contributed by atoms with Crippen LogP contribution in [-0.2, 0) is 9.59 Å². The molecule has 1 saturated heterocycles. The second-order valence-electron chi connectivity index (χ2n) is 5.72. The van der Waals surface area contributed by atoms with Crippen LogP contribution in [0.5, 0.6) is 5.75 Å². The molecule has 1 aromatic carbocycles. The third kappa shape index (κ3) is 3.83. The van der Waals surface area contributed by atoms with Crippen LogP contribution in [0.3, 0.4) is 0 Å². The van der Waals surface area contributed by atoms with E-state index in [0.29, 0.717) is 30.7 Å². The highest BCUT2D eigenvalue weighted by molar-refractivity contribution is 6.10. The monoisotopic (exact) mass is 354 g/mol. The van der Waals surface area contributed by atoms with E-state index in [2.05, 4.69) is 5.32 Å². The molecule has 26 heavy (non-hydrogen) atoms. The van der Waals surface area contributed by atoms with E-state index in [1.165, 1.54) is 18.4 Å². The molecule has 1 N–H and O–H groups in total. The van der Waals surface area contributed by atoms with Crippen LogP contribution in [0.15, 0.2) is 52.8 Å². The number of nitrogens with zero attached hydrogens (tertiary/aromatic N) is 1. The first-order chi connectivity index (χ1) is 12.6. The van der Waals surface area contributed by atoms with Gasteiger partial charge in [0.1, 0.15) is 11.4 Å². The largest absolute Gasteiger partial charge is 0.497 e. The smallest absolute Gasteiger partial charge is 0.291 e. The van der Waals surface area contributed by atoms with Gasteiger partial charge in [-0.2, -0.15) is 0 Å². The first kappa shape index (κ1) is 17.5. The van der Waals surface area contributed by atoms with Crippen LogP contribution in [0, 0.1) is 0 Å². The number of benzene rings is 1. The van der Waals surface area contributed by atoms with E-state index in [9.17, 15) is 14.4 Å². The Morgan fingerprint density at radius 3 is 2.58 bits per heavy atom. The highest BCUT2D eigenvalue weighted by atomic mass is 16.5. The molecule has 134 valence electrons. The van der Waals surface area contributed by atoms with Gasteiger partial charge in [0.05, 0.1) is 13.4 Å². The quantitative estimate of drug-likeness (QED) is 0.832. The number of imide groups is 1. The maximum absolute atomic E-state index is 12.8. The van der Waals surface area contributed by atoms with E-state index < -0.39 is 11.8 Å². The highest BCUT2D eigenvalue weighted by Crippen LogP contribution is 2.17. The fourth-order valence-electron chi connectivity index (χ4n) is 2.62. The fourth-order valence-corrected chi connectivity index (χ4v) is 2.62. The summed E-state index contributed by atoms with van der Waals surface area (Å²) in [5.74, 6) is -0.601. The minimum atomic E-state index is -0.560. The first-order valence-electron chi connectivity index (χ1n) is 8.14. The van der Waals surface area contributed by atoms with Crippen molar-refractivity contribution in [3.8, 4) is 5.75 Å². The van der Waals surface area contributed by atoms with Gasteiger partial charge in [-0.3, -0.25) is 19.3 Å². The zero-order chi connectivity index (χ0) is 18.5. The Hall–Kier alpha value is -3.35. The van der Waals surface area contributed by atoms with Gasteiger partial charge in [0.25, 0.3) is 11.8 Å². The van der Waals surface area contributed by atoms with Crippen molar-refractivity contribution in [2.24, 2.45) is 0 Å². The minimum absolute atomic E-state index is 0.00631. The van der Waals surface area contributed by atoms with Gasteiger partial charge in [-0.05, 0) is 42.3 Å². The molecule has 0 unspecified atom stereocenters. The maximum Gasteiger partial charge on any atom is 0.291 e. The lowest BCUT2D eigenvalue weighted by atomic mass is 10.1. The summed E-state index contributed by atoms with van der Waals surface area (Å²) >= 11 is 0. The Bertz CT molecular complexity index is 837. The van der Waals surface area contributed by atoms with Crippen molar-refractivity contribution in [3.63, 3.8) is 0 Å². The molecular weight excluding hydrogens is 336 g/mol. The van der Waals surface area contributed by atoms with E-state index in [0.717, 1.165) is 4.90 Å². The van der Waals surface area contributed by atoms with Crippen LogP contribution in [-0.4, -0.2) is 36.3 Å². The maximum atomic E-state index is 12.8. The van der Waals surface area contributed by atoms with Crippen LogP contribution in [0.25, 0.3) is 6.08 Å². The molecule has 1 aromatic heterocycles. The van der Waals surface area contributed by atoms with E-state index in [1.807, 2.05) is 0 Å². The number of hydrogen-bond donors (Lipinski definition) is 1. The molecular formula is C19H18N2O5. The zero-order valence-corrected chi connectivity index (χ0v) is 14.2. The molecule has 2 aromatic rings. The standard InChI is InChI=1S/C19H18N2O5/c1-25-14-8-6-13(7-9-14)12-15(19(24)21-10-2-5-17(21)22)20-18(23)16-4-3-11-26-16/h3-4,6-9,11-12H,2,5,10H2,1H3,(H,20,23). The van der Waals surface area contributed by atoms with Gasteiger partial charge in [-0.25, -0.2) is 0 Å². The average Bonchev–Trinajstić information content (AvgIpc) is 3.33. The molecule has 0 aliphatic carbocycles. The van der Waals surface area contributed by atoms with Crippen molar-refractivity contribution in [2.45, 2.75) is 12.8 Å². The number of carbonyl (C=O) groups excluding carboxylic acids is 3. The molecule has 2 heterocycles. The summed E-state index contributed by atoms with van der Waals surface area (Å²) < 4.78 is 10.2. The van der Waals surface area contributed by atoms with Crippen LogP contribution in [0.4, 0.5) is 0 Å². The molecule has 0 bridgehead atoms. The third-order valence-electron chi connectivity index (χ3n) is 3.97. The van der Waals surface area contributed by atoms with Crippen molar-refractivity contribution in [2.75, 3.05) is 13.7 Å². The predicted octanol–water partition coefficient (Wildman–Crippen LogP) is 2.21. The van der Waals surface area contributed by atoms with E-state index in [-0.39, 0.29) is 17.4 Å². The topological polar surface area (TPSA) is 88.8 Å². The number of ether oxygens (including phenoxy) is 1. The summed E-state index contributed by atoms with van der Waals surface area (Å²) in [6, 6.07) is 10.0. The summed E-state index contributed by atoms with van der Waals surface area (Å²) in [7, 11) is 1.56. The van der Waals surface area contributed by atoms with Crippen molar-refractivity contribution < 1.29 is 23.5 Å². The molecule has 1 aliphatic heterocycles. The second-order valence-corrected chi connectivity index (χ2v) is 5.72. The van der Waals surface area contributed by atoms with Gasteiger partial charge in [-0.15, -0.1) is 0 Å². The Labute approximate surface area is 150 Å². The fraction of sp³-hybridized carbons (Fsp3) is 0.211. The Kier molecular flexibility index (Phi) is 5.17. The molecule has 1 aliphatic rings. The van der Waals surface area contributed by atoms with E-state index >= 15 is 0 Å². The Balaban J connectivity index is 1.89. The van der Waals surface area contributed by atoms with Crippen molar-refractivity contribution in [1.82, 2.24) is 10.2 Å². The molecule has 0 saturated carbocycles. The average molecular weight is 354 g/mol. The number of rotatable bonds is 5. The van der Waals surface area contributed by atoms with E-state index in [4.69, 9.17) is 9.15 Å². The predicted molar refractivity (Wildman–Crippen MR) is 93.1 cm³/mol. The summed E-state index contributed by atoms with van der Waals surface area (Å²) in [5, 5.41) is 2.55. The molecule has 0 spiro atoms. The number of methoxy groups -OCH3 is 1. The number of hydrogen-bond acceptors (Lipinski definition) is 5. The van der Waals surface area contributed by atoms with Crippen molar-refractivity contribution >= 4 is 23.8 Å². The van der Waals surface area contributed by atoms with Crippen LogP contribution >= 0.6 is 0 Å². The number of furan rings is 1. The third-order valence-corrected chi connectivity index (χ3v) is 3.97. The van der Waals surface area contributed by atoms with Gasteiger partial charge in [0.2, 0.25) is 5.91 Å². The van der Waals surface area contributed by atoms with Gasteiger partial charge in [0, 0.05) is 13.0 Å². The molecule has 1 fully saturated rings. The molecule has 0 atom stereocenters. The molecule has 3 rings (SSSR count). The summed E-state index contributed by atoms with van der Waals surface area (Å²) in [4.78, 5) is 38.1. The lowest BCUT2D eigenvalue weighted by Gasteiger charge is -2.16. The zero-order valence-electron chi connectivity index (χ0n) is 14.2. The molecule has 0 radical (unpaired) electrons. The normalized spacial score (nSPS) is 14.4. The lowest BCUT2D eigenvalue weighted by molar-refractivity contribution is -0.139. The summed E-state index contributed by atoms with van der Waals surface area (Å²) in [6.07, 6.45) is 3.84. The Morgan fingerprint density at radius 1 is 1.23 bits per heavy atom. The van der Waals surface area contributed by atoms with Gasteiger partial charge >= 0.3 is 0 Å². The number of carbonyl (C=O) groups is 3. The minimum Gasteiger partial charge on any atom is -0.497 e. The number of nitrogens with one attached hydrogen (secondary N) is 1. The Morgan fingerprint density at radius 2 is 2.00 bits per heavy atom. The van der Waals surface area contributed by atoms with Crippen LogP contribution in [0.1, 0.15) is 29.0 Å². The lowest BCUT2D eigenvalue weighted by Crippen LogP contribution is -2.39. The van der Waals surface area contributed by atoms with Gasteiger partial charge in [0.15, 0.2) is 5.76 Å².